The topological polar surface area (TPSA) is 60.2 Å². The van der Waals surface area contributed by atoms with Crippen molar-refractivity contribution in [3.63, 3.8) is 0 Å². The molecule has 2 aromatic rings. The maximum atomic E-state index is 6.07. The average Bonchev–Trinajstić information content (AvgIpc) is 2.46. The van der Waals surface area contributed by atoms with Crippen LogP contribution in [0.5, 0.6) is 5.75 Å². The van der Waals surface area contributed by atoms with Crippen molar-refractivity contribution in [2.75, 3.05) is 6.61 Å². The van der Waals surface area contributed by atoms with Gasteiger partial charge in [0.1, 0.15) is 12.4 Å². The number of nitrogens with one attached hydrogen (secondary N) is 1. The molecule has 1 heterocycles. The lowest BCUT2D eigenvalue weighted by atomic mass is 10.1. The molecule has 100 valence electrons. The molecular weight excluding hydrogens is 262 g/mol. The molecule has 1 aromatic heterocycles. The second-order valence-corrected chi connectivity index (χ2v) is 4.57. The number of pyridine rings is 1. The van der Waals surface area contributed by atoms with Crippen LogP contribution in [0.1, 0.15) is 5.56 Å². The number of nitrogens with zero attached hydrogens (tertiary/aromatic N) is 1. The highest BCUT2D eigenvalue weighted by Crippen LogP contribution is 2.16. The molecule has 0 radical (unpaired) electrons. The number of hydrazine groups is 1. The summed E-state index contributed by atoms with van der Waals surface area (Å²) in [5.41, 5.74) is 3.74. The first-order chi connectivity index (χ1) is 9.29. The summed E-state index contributed by atoms with van der Waals surface area (Å²) in [6.45, 7) is 0.471. The lowest BCUT2D eigenvalue weighted by molar-refractivity contribution is 0.264. The van der Waals surface area contributed by atoms with Gasteiger partial charge < -0.3 is 4.74 Å². The van der Waals surface area contributed by atoms with Crippen LogP contribution in [-0.2, 0) is 6.42 Å². The molecule has 1 unspecified atom stereocenters. The van der Waals surface area contributed by atoms with Gasteiger partial charge in [-0.05, 0) is 30.2 Å². The van der Waals surface area contributed by atoms with Gasteiger partial charge in [-0.25, -0.2) is 0 Å². The van der Waals surface area contributed by atoms with Crippen LogP contribution < -0.4 is 16.0 Å². The molecular formula is C14H16ClN3O. The van der Waals surface area contributed by atoms with Crippen molar-refractivity contribution in [3.8, 4) is 5.75 Å². The Hall–Kier alpha value is -1.62. The van der Waals surface area contributed by atoms with Crippen LogP contribution in [0.15, 0.2) is 48.8 Å². The van der Waals surface area contributed by atoms with Gasteiger partial charge in [-0.3, -0.25) is 16.3 Å². The van der Waals surface area contributed by atoms with Crippen LogP contribution in [0.25, 0.3) is 0 Å². The van der Waals surface area contributed by atoms with E-state index in [9.17, 15) is 0 Å². The number of halogens is 1. The van der Waals surface area contributed by atoms with E-state index in [2.05, 4.69) is 10.4 Å². The third kappa shape index (κ3) is 4.21. The van der Waals surface area contributed by atoms with Gasteiger partial charge in [-0.15, -0.1) is 0 Å². The SMILES string of the molecule is NNC(COc1ccccc1)Cc1ccncc1Cl. The van der Waals surface area contributed by atoms with E-state index in [4.69, 9.17) is 22.2 Å². The molecule has 0 amide bonds. The monoisotopic (exact) mass is 277 g/mol. The van der Waals surface area contributed by atoms with Crippen LogP contribution in [0.4, 0.5) is 0 Å². The van der Waals surface area contributed by atoms with Crippen molar-refractivity contribution in [2.24, 2.45) is 5.84 Å². The fraction of sp³-hybridized carbons (Fsp3) is 0.214. The number of hydrogen-bond acceptors (Lipinski definition) is 4. The second-order valence-electron chi connectivity index (χ2n) is 4.16. The van der Waals surface area contributed by atoms with Crippen molar-refractivity contribution >= 4 is 11.6 Å². The molecule has 4 nitrogen and oxygen atoms in total. The Kier molecular flexibility index (Phi) is 5.15. The molecule has 0 aliphatic carbocycles. The summed E-state index contributed by atoms with van der Waals surface area (Å²) in [6, 6.07) is 11.5. The highest BCUT2D eigenvalue weighted by atomic mass is 35.5. The summed E-state index contributed by atoms with van der Waals surface area (Å²) in [5, 5.41) is 0.641. The average molecular weight is 278 g/mol. The minimum absolute atomic E-state index is 0.0138. The first-order valence-corrected chi connectivity index (χ1v) is 6.39. The molecule has 0 saturated heterocycles. The standard InChI is InChI=1S/C14H16ClN3O/c15-14-9-17-7-6-11(14)8-12(18-16)10-19-13-4-2-1-3-5-13/h1-7,9,12,18H,8,10,16H2. The van der Waals surface area contributed by atoms with E-state index >= 15 is 0 Å². The van der Waals surface area contributed by atoms with E-state index in [-0.39, 0.29) is 6.04 Å². The van der Waals surface area contributed by atoms with Crippen LogP contribution in [0.2, 0.25) is 5.02 Å². The predicted molar refractivity (Wildman–Crippen MR) is 76.0 cm³/mol. The van der Waals surface area contributed by atoms with E-state index in [1.54, 1.807) is 12.4 Å². The number of hydrogen-bond donors (Lipinski definition) is 2. The number of aromatic nitrogens is 1. The summed E-state index contributed by atoms with van der Waals surface area (Å²) in [5.74, 6) is 6.37. The van der Waals surface area contributed by atoms with Gasteiger partial charge in [0.05, 0.1) is 11.1 Å². The third-order valence-electron chi connectivity index (χ3n) is 2.75. The Morgan fingerprint density at radius 3 is 2.74 bits per heavy atom. The van der Waals surface area contributed by atoms with Gasteiger partial charge >= 0.3 is 0 Å². The number of benzene rings is 1. The highest BCUT2D eigenvalue weighted by molar-refractivity contribution is 6.31. The molecule has 0 aliphatic rings. The van der Waals surface area contributed by atoms with Crippen molar-refractivity contribution in [1.82, 2.24) is 10.4 Å². The Bertz CT molecular complexity index is 507. The normalized spacial score (nSPS) is 12.1. The molecule has 0 aliphatic heterocycles. The van der Waals surface area contributed by atoms with Gasteiger partial charge in [-0.1, -0.05) is 29.8 Å². The van der Waals surface area contributed by atoms with Crippen LogP contribution >= 0.6 is 11.6 Å². The fourth-order valence-corrected chi connectivity index (χ4v) is 1.91. The van der Waals surface area contributed by atoms with Crippen LogP contribution in [0.3, 0.4) is 0 Å². The maximum Gasteiger partial charge on any atom is 0.119 e. The zero-order valence-electron chi connectivity index (χ0n) is 10.4. The van der Waals surface area contributed by atoms with Gasteiger partial charge in [0.25, 0.3) is 0 Å². The Morgan fingerprint density at radius 2 is 2.05 bits per heavy atom. The summed E-state index contributed by atoms with van der Waals surface area (Å²) in [4.78, 5) is 3.96. The van der Waals surface area contributed by atoms with Gasteiger partial charge in [0.2, 0.25) is 0 Å². The largest absolute Gasteiger partial charge is 0.492 e. The van der Waals surface area contributed by atoms with E-state index in [0.717, 1.165) is 11.3 Å². The summed E-state index contributed by atoms with van der Waals surface area (Å²) in [6.07, 6.45) is 4.03. The number of nitrogens with two attached hydrogens (primary N) is 1. The summed E-state index contributed by atoms with van der Waals surface area (Å²) >= 11 is 6.07. The molecule has 1 atom stereocenters. The van der Waals surface area contributed by atoms with Crippen molar-refractivity contribution in [1.29, 1.82) is 0 Å². The van der Waals surface area contributed by atoms with Crippen molar-refractivity contribution < 1.29 is 4.74 Å². The summed E-state index contributed by atoms with van der Waals surface area (Å²) < 4.78 is 5.67. The smallest absolute Gasteiger partial charge is 0.119 e. The molecule has 0 saturated carbocycles. The minimum atomic E-state index is -0.0138. The minimum Gasteiger partial charge on any atom is -0.492 e. The first kappa shape index (κ1) is 13.8. The zero-order chi connectivity index (χ0) is 13.5. The number of para-hydroxylation sites is 1. The van der Waals surface area contributed by atoms with E-state index in [1.807, 2.05) is 36.4 Å². The highest BCUT2D eigenvalue weighted by Gasteiger charge is 2.11. The summed E-state index contributed by atoms with van der Waals surface area (Å²) in [7, 11) is 0. The Morgan fingerprint density at radius 1 is 1.26 bits per heavy atom. The fourth-order valence-electron chi connectivity index (χ4n) is 1.71. The van der Waals surface area contributed by atoms with Gasteiger partial charge in [0.15, 0.2) is 0 Å². The van der Waals surface area contributed by atoms with E-state index < -0.39 is 0 Å². The Balaban J connectivity index is 1.92. The molecule has 0 spiro atoms. The number of rotatable bonds is 6. The second kappa shape index (κ2) is 7.09. The third-order valence-corrected chi connectivity index (χ3v) is 3.09. The maximum absolute atomic E-state index is 6.07. The Labute approximate surface area is 117 Å². The lowest BCUT2D eigenvalue weighted by Crippen LogP contribution is -2.41. The van der Waals surface area contributed by atoms with Crippen molar-refractivity contribution in [2.45, 2.75) is 12.5 Å². The molecule has 1 aromatic carbocycles. The van der Waals surface area contributed by atoms with Gasteiger partial charge in [0, 0.05) is 12.4 Å². The molecule has 5 heteroatoms. The van der Waals surface area contributed by atoms with Gasteiger partial charge in [-0.2, -0.15) is 0 Å². The molecule has 0 bridgehead atoms. The molecule has 2 rings (SSSR count). The predicted octanol–water partition coefficient (Wildman–Crippen LogP) is 2.19. The molecule has 19 heavy (non-hydrogen) atoms. The molecule has 0 fully saturated rings. The van der Waals surface area contributed by atoms with E-state index in [0.29, 0.717) is 18.1 Å². The van der Waals surface area contributed by atoms with Crippen molar-refractivity contribution in [3.05, 3.63) is 59.4 Å². The lowest BCUT2D eigenvalue weighted by Gasteiger charge is -2.17. The first-order valence-electron chi connectivity index (χ1n) is 6.02. The molecule has 3 N–H and O–H groups in total. The number of ether oxygens (including phenoxy) is 1. The van der Waals surface area contributed by atoms with E-state index in [1.165, 1.54) is 0 Å². The van der Waals surface area contributed by atoms with Crippen LogP contribution in [0, 0.1) is 0 Å². The quantitative estimate of drug-likeness (QED) is 0.628. The van der Waals surface area contributed by atoms with Crippen LogP contribution in [-0.4, -0.2) is 17.6 Å². The zero-order valence-corrected chi connectivity index (χ0v) is 11.2.